The fourth-order valence-corrected chi connectivity index (χ4v) is 1.48. The number of hydroxylamine groups is 1. The number of nitrogens with one attached hydrogen (secondary N) is 1. The minimum atomic E-state index is -0.262. The van der Waals surface area contributed by atoms with Crippen molar-refractivity contribution in [3.8, 4) is 0 Å². The molecule has 16 heavy (non-hydrogen) atoms. The maximum atomic E-state index is 11.8. The Hall–Kier alpha value is -0.650. The minimum absolute atomic E-state index is 0.109. The highest BCUT2D eigenvalue weighted by molar-refractivity contribution is 5.78. The van der Waals surface area contributed by atoms with Gasteiger partial charge in [0.2, 0.25) is 5.91 Å². The van der Waals surface area contributed by atoms with Crippen molar-refractivity contribution in [2.75, 3.05) is 39.8 Å². The van der Waals surface area contributed by atoms with Crippen LogP contribution in [0.25, 0.3) is 0 Å². The molecule has 0 saturated carbocycles. The molecule has 1 heterocycles. The van der Waals surface area contributed by atoms with Crippen molar-refractivity contribution in [1.29, 1.82) is 0 Å². The molecule has 0 spiro atoms. The first kappa shape index (κ1) is 13.4. The molecular weight excluding hydrogens is 206 g/mol. The Kier molecular flexibility index (Phi) is 4.70. The molecule has 1 fully saturated rings. The van der Waals surface area contributed by atoms with Crippen LogP contribution in [-0.4, -0.2) is 61.1 Å². The van der Waals surface area contributed by atoms with Gasteiger partial charge in [-0.25, -0.2) is 0 Å². The molecule has 1 amide bonds. The molecule has 1 aliphatic heterocycles. The summed E-state index contributed by atoms with van der Waals surface area (Å²) >= 11 is 0. The van der Waals surface area contributed by atoms with E-state index < -0.39 is 0 Å². The Labute approximate surface area is 97.7 Å². The zero-order chi connectivity index (χ0) is 12.2. The number of hydrogen-bond acceptors (Lipinski definition) is 4. The van der Waals surface area contributed by atoms with E-state index in [0.29, 0.717) is 0 Å². The van der Waals surface area contributed by atoms with Crippen molar-refractivity contribution in [1.82, 2.24) is 15.3 Å². The lowest BCUT2D eigenvalue weighted by Gasteiger charge is -2.32. The highest BCUT2D eigenvalue weighted by Gasteiger charge is 2.19. The predicted molar refractivity (Wildman–Crippen MR) is 62.9 cm³/mol. The van der Waals surface area contributed by atoms with E-state index in [-0.39, 0.29) is 18.1 Å². The molecule has 5 nitrogen and oxygen atoms in total. The summed E-state index contributed by atoms with van der Waals surface area (Å²) < 4.78 is 0. The Bertz CT molecular complexity index is 230. The molecule has 0 radical (unpaired) electrons. The number of amides is 1. The van der Waals surface area contributed by atoms with E-state index in [0.717, 1.165) is 26.2 Å². The highest BCUT2D eigenvalue weighted by Crippen LogP contribution is 2.04. The van der Waals surface area contributed by atoms with Crippen LogP contribution in [0.4, 0.5) is 0 Å². The van der Waals surface area contributed by atoms with Crippen molar-refractivity contribution >= 4 is 5.91 Å². The van der Waals surface area contributed by atoms with Gasteiger partial charge in [-0.2, -0.15) is 5.48 Å². The van der Waals surface area contributed by atoms with Gasteiger partial charge in [0.25, 0.3) is 0 Å². The first-order valence-corrected chi connectivity index (χ1v) is 5.76. The summed E-state index contributed by atoms with van der Waals surface area (Å²) in [5, 5.41) is 0. The minimum Gasteiger partial charge on any atom is -0.339 e. The number of piperazine rings is 1. The molecule has 1 N–H and O–H groups in total. The summed E-state index contributed by atoms with van der Waals surface area (Å²) in [6.07, 6.45) is 0. The van der Waals surface area contributed by atoms with Crippen LogP contribution in [0.3, 0.4) is 0 Å². The van der Waals surface area contributed by atoms with Crippen molar-refractivity contribution in [3.05, 3.63) is 0 Å². The van der Waals surface area contributed by atoms with Gasteiger partial charge in [0, 0.05) is 26.2 Å². The molecule has 0 aromatic rings. The Morgan fingerprint density at radius 2 is 1.81 bits per heavy atom. The highest BCUT2D eigenvalue weighted by atomic mass is 16.7. The van der Waals surface area contributed by atoms with Crippen LogP contribution in [0.1, 0.15) is 20.8 Å². The van der Waals surface area contributed by atoms with Gasteiger partial charge in [-0.1, -0.05) is 0 Å². The predicted octanol–water partition coefficient (Wildman–Crippen LogP) is 0.0801. The number of hydrogen-bond donors (Lipinski definition) is 1. The van der Waals surface area contributed by atoms with Crippen molar-refractivity contribution < 1.29 is 9.63 Å². The summed E-state index contributed by atoms with van der Waals surface area (Å²) in [7, 11) is 2.07. The van der Waals surface area contributed by atoms with Crippen molar-refractivity contribution in [2.24, 2.45) is 0 Å². The lowest BCUT2D eigenvalue weighted by atomic mass is 10.2. The first-order valence-electron chi connectivity index (χ1n) is 5.76. The Balaban J connectivity index is 2.20. The quantitative estimate of drug-likeness (QED) is 0.696. The van der Waals surface area contributed by atoms with Crippen LogP contribution in [-0.2, 0) is 9.63 Å². The summed E-state index contributed by atoms with van der Waals surface area (Å²) in [5.74, 6) is 0.109. The standard InChI is InChI=1S/C11H23N3O2/c1-11(2,3)16-12-9-10(15)14-7-5-13(4)6-8-14/h12H,5-9H2,1-4H3. The van der Waals surface area contributed by atoms with Gasteiger partial charge >= 0.3 is 0 Å². The third kappa shape index (κ3) is 4.92. The van der Waals surface area contributed by atoms with Crippen molar-refractivity contribution in [3.63, 3.8) is 0 Å². The second kappa shape index (κ2) is 5.61. The molecule has 0 bridgehead atoms. The molecule has 0 aromatic carbocycles. The molecule has 0 atom stereocenters. The number of carbonyl (C=O) groups excluding carboxylic acids is 1. The largest absolute Gasteiger partial charge is 0.339 e. The average molecular weight is 229 g/mol. The molecule has 0 aromatic heterocycles. The van der Waals surface area contributed by atoms with Gasteiger partial charge in [0.1, 0.15) is 6.54 Å². The summed E-state index contributed by atoms with van der Waals surface area (Å²) in [5.41, 5.74) is 2.47. The van der Waals surface area contributed by atoms with Gasteiger partial charge in [0.15, 0.2) is 0 Å². The van der Waals surface area contributed by atoms with Gasteiger partial charge in [-0.15, -0.1) is 0 Å². The van der Waals surface area contributed by atoms with Crippen molar-refractivity contribution in [2.45, 2.75) is 26.4 Å². The number of carbonyl (C=O) groups is 1. The average Bonchev–Trinajstić information content (AvgIpc) is 2.16. The van der Waals surface area contributed by atoms with E-state index >= 15 is 0 Å². The SMILES string of the molecule is CN1CCN(C(=O)CNOC(C)(C)C)CC1. The van der Waals surface area contributed by atoms with E-state index in [9.17, 15) is 4.79 Å². The smallest absolute Gasteiger partial charge is 0.239 e. The second-order valence-electron chi connectivity index (χ2n) is 5.22. The molecule has 1 aliphatic rings. The molecule has 94 valence electrons. The monoisotopic (exact) mass is 229 g/mol. The maximum absolute atomic E-state index is 11.8. The molecule has 0 unspecified atom stereocenters. The molecule has 1 rings (SSSR count). The zero-order valence-electron chi connectivity index (χ0n) is 10.7. The van der Waals surface area contributed by atoms with Crippen LogP contribution in [0.5, 0.6) is 0 Å². The fraction of sp³-hybridized carbons (Fsp3) is 0.909. The van der Waals surface area contributed by atoms with Gasteiger partial charge in [-0.3, -0.25) is 9.63 Å². The normalized spacial score (nSPS) is 18.9. The second-order valence-corrected chi connectivity index (χ2v) is 5.22. The van der Waals surface area contributed by atoms with Crippen LogP contribution in [0.15, 0.2) is 0 Å². The van der Waals surface area contributed by atoms with Crippen LogP contribution in [0, 0.1) is 0 Å². The number of likely N-dealkylation sites (N-methyl/N-ethyl adjacent to an activating group) is 1. The maximum Gasteiger partial charge on any atom is 0.239 e. The number of rotatable bonds is 3. The summed E-state index contributed by atoms with van der Waals surface area (Å²) in [6, 6.07) is 0. The molecule has 5 heteroatoms. The molecule has 1 saturated heterocycles. The van der Waals surface area contributed by atoms with Gasteiger partial charge < -0.3 is 9.80 Å². The number of nitrogens with zero attached hydrogens (tertiary/aromatic N) is 2. The van der Waals surface area contributed by atoms with E-state index in [2.05, 4.69) is 17.4 Å². The van der Waals surface area contributed by atoms with Crippen LogP contribution in [0.2, 0.25) is 0 Å². The third-order valence-electron chi connectivity index (χ3n) is 2.46. The Morgan fingerprint density at radius 3 is 2.31 bits per heavy atom. The fourth-order valence-electron chi connectivity index (χ4n) is 1.48. The van der Waals surface area contributed by atoms with E-state index in [1.54, 1.807) is 0 Å². The van der Waals surface area contributed by atoms with Gasteiger partial charge in [-0.05, 0) is 27.8 Å². The lowest BCUT2D eigenvalue weighted by molar-refractivity contribution is -0.138. The molecule has 0 aliphatic carbocycles. The zero-order valence-corrected chi connectivity index (χ0v) is 10.7. The first-order chi connectivity index (χ1) is 7.38. The van der Waals surface area contributed by atoms with E-state index in [1.165, 1.54) is 0 Å². The summed E-state index contributed by atoms with van der Waals surface area (Å²) in [6.45, 7) is 9.61. The van der Waals surface area contributed by atoms with Crippen LogP contribution >= 0.6 is 0 Å². The van der Waals surface area contributed by atoms with Crippen LogP contribution < -0.4 is 5.48 Å². The summed E-state index contributed by atoms with van der Waals surface area (Å²) in [4.78, 5) is 21.2. The lowest BCUT2D eigenvalue weighted by Crippen LogP contribution is -2.50. The molecular formula is C11H23N3O2. The van der Waals surface area contributed by atoms with E-state index in [4.69, 9.17) is 4.84 Å². The Morgan fingerprint density at radius 1 is 1.25 bits per heavy atom. The van der Waals surface area contributed by atoms with E-state index in [1.807, 2.05) is 25.7 Å². The topological polar surface area (TPSA) is 44.8 Å². The van der Waals surface area contributed by atoms with Gasteiger partial charge in [0.05, 0.1) is 5.60 Å². The third-order valence-corrected chi connectivity index (χ3v) is 2.46.